The number of rotatable bonds is 1. The van der Waals surface area contributed by atoms with Gasteiger partial charge in [0.25, 0.3) is 0 Å². The zero-order valence-electron chi connectivity index (χ0n) is 12.8. The Morgan fingerprint density at radius 2 is 1.87 bits per heavy atom. The maximum absolute atomic E-state index is 13.0. The summed E-state index contributed by atoms with van der Waals surface area (Å²) in [5.74, 6) is -0.988. The predicted octanol–water partition coefficient (Wildman–Crippen LogP) is 3.74. The summed E-state index contributed by atoms with van der Waals surface area (Å²) in [4.78, 5) is 27.4. The number of fused-ring (bicyclic) bond motifs is 4. The van der Waals surface area contributed by atoms with E-state index in [1.165, 1.54) is 0 Å². The van der Waals surface area contributed by atoms with Crippen LogP contribution in [0, 0.1) is 0 Å². The molecule has 0 saturated heterocycles. The minimum atomic E-state index is -0.978. The molecule has 2 N–H and O–H groups in total. The SMILES string of the molecule is CC1(C)c2ccccc2C(=O)c2c1[nH]c1cc(C(=O)O)ccc21. The van der Waals surface area contributed by atoms with Crippen LogP contribution in [0.15, 0.2) is 42.5 Å². The second-order valence-electron chi connectivity index (χ2n) is 6.44. The van der Waals surface area contributed by atoms with Gasteiger partial charge < -0.3 is 10.1 Å². The fourth-order valence-electron chi connectivity index (χ4n) is 3.53. The first kappa shape index (κ1) is 13.8. The molecule has 1 aliphatic carbocycles. The van der Waals surface area contributed by atoms with Crippen LogP contribution in [0.5, 0.6) is 0 Å². The van der Waals surface area contributed by atoms with Crippen molar-refractivity contribution < 1.29 is 14.7 Å². The fourth-order valence-corrected chi connectivity index (χ4v) is 3.53. The highest BCUT2D eigenvalue weighted by Gasteiger charge is 2.39. The van der Waals surface area contributed by atoms with Crippen LogP contribution in [0.3, 0.4) is 0 Å². The van der Waals surface area contributed by atoms with Gasteiger partial charge in [-0.25, -0.2) is 4.79 Å². The molecule has 0 aliphatic heterocycles. The van der Waals surface area contributed by atoms with E-state index >= 15 is 0 Å². The first-order valence-corrected chi connectivity index (χ1v) is 7.45. The largest absolute Gasteiger partial charge is 0.478 e. The summed E-state index contributed by atoms with van der Waals surface area (Å²) in [5, 5.41) is 9.94. The third kappa shape index (κ3) is 1.72. The Hall–Kier alpha value is -2.88. The fraction of sp³-hybridized carbons (Fsp3) is 0.158. The smallest absolute Gasteiger partial charge is 0.335 e. The topological polar surface area (TPSA) is 70.2 Å². The van der Waals surface area contributed by atoms with Gasteiger partial charge in [-0.2, -0.15) is 0 Å². The van der Waals surface area contributed by atoms with E-state index in [2.05, 4.69) is 18.8 Å². The van der Waals surface area contributed by atoms with E-state index in [9.17, 15) is 9.59 Å². The molecule has 1 aliphatic rings. The average molecular weight is 305 g/mol. The van der Waals surface area contributed by atoms with Crippen LogP contribution in [-0.4, -0.2) is 21.8 Å². The molecule has 0 radical (unpaired) electrons. The molecule has 0 fully saturated rings. The Morgan fingerprint density at radius 1 is 1.13 bits per heavy atom. The van der Waals surface area contributed by atoms with Crippen LogP contribution in [0.25, 0.3) is 10.9 Å². The van der Waals surface area contributed by atoms with Crippen molar-refractivity contribution in [2.75, 3.05) is 0 Å². The van der Waals surface area contributed by atoms with Gasteiger partial charge in [-0.05, 0) is 17.7 Å². The first-order valence-electron chi connectivity index (χ1n) is 7.45. The summed E-state index contributed by atoms with van der Waals surface area (Å²) in [5.41, 5.74) is 3.75. The van der Waals surface area contributed by atoms with Crippen molar-refractivity contribution in [3.63, 3.8) is 0 Å². The van der Waals surface area contributed by atoms with Crippen LogP contribution in [0.1, 0.15) is 51.4 Å². The molecular formula is C19H15NO3. The lowest BCUT2D eigenvalue weighted by Crippen LogP contribution is -2.30. The summed E-state index contributed by atoms with van der Waals surface area (Å²) in [7, 11) is 0. The molecule has 1 aromatic heterocycles. The first-order chi connectivity index (χ1) is 10.9. The summed E-state index contributed by atoms with van der Waals surface area (Å²) >= 11 is 0. The number of hydrogen-bond donors (Lipinski definition) is 2. The number of H-pyrrole nitrogens is 1. The van der Waals surface area contributed by atoms with E-state index in [1.54, 1.807) is 18.2 Å². The van der Waals surface area contributed by atoms with Crippen molar-refractivity contribution in [2.45, 2.75) is 19.3 Å². The van der Waals surface area contributed by atoms with E-state index in [0.29, 0.717) is 16.6 Å². The van der Waals surface area contributed by atoms with Gasteiger partial charge in [0, 0.05) is 27.6 Å². The molecule has 0 spiro atoms. The van der Waals surface area contributed by atoms with Crippen molar-refractivity contribution in [3.8, 4) is 0 Å². The van der Waals surface area contributed by atoms with Crippen LogP contribution in [-0.2, 0) is 5.41 Å². The van der Waals surface area contributed by atoms with Crippen LogP contribution in [0.4, 0.5) is 0 Å². The van der Waals surface area contributed by atoms with Gasteiger partial charge in [0.2, 0.25) is 0 Å². The number of carboxylic acids is 1. The standard InChI is InChI=1S/C19H15NO3/c1-19(2)13-6-4-3-5-11(13)16(21)15-12-8-7-10(18(22)23)9-14(12)20-17(15)19/h3-9,20H,1-2H3,(H,22,23). The zero-order chi connectivity index (χ0) is 16.4. The Kier molecular flexibility index (Phi) is 2.58. The molecule has 4 rings (SSSR count). The molecule has 0 amide bonds. The molecule has 23 heavy (non-hydrogen) atoms. The highest BCUT2D eigenvalue weighted by Crippen LogP contribution is 2.43. The number of hydrogen-bond acceptors (Lipinski definition) is 2. The highest BCUT2D eigenvalue weighted by atomic mass is 16.4. The Labute approximate surface area is 132 Å². The normalized spacial score (nSPS) is 15.3. The number of aromatic carboxylic acids is 1. The van der Waals surface area contributed by atoms with Crippen molar-refractivity contribution in [1.82, 2.24) is 4.98 Å². The maximum Gasteiger partial charge on any atom is 0.335 e. The van der Waals surface area contributed by atoms with Crippen molar-refractivity contribution in [3.05, 3.63) is 70.4 Å². The molecular weight excluding hydrogens is 290 g/mol. The Bertz CT molecular complexity index is 995. The monoisotopic (exact) mass is 305 g/mol. The minimum absolute atomic E-state index is 0.00995. The van der Waals surface area contributed by atoms with Gasteiger partial charge in [0.1, 0.15) is 0 Å². The van der Waals surface area contributed by atoms with Gasteiger partial charge >= 0.3 is 5.97 Å². The molecule has 2 aromatic carbocycles. The second-order valence-corrected chi connectivity index (χ2v) is 6.44. The Balaban J connectivity index is 2.07. The van der Waals surface area contributed by atoms with E-state index in [-0.39, 0.29) is 16.8 Å². The van der Waals surface area contributed by atoms with Gasteiger partial charge in [0.05, 0.1) is 11.1 Å². The molecule has 3 aromatic rings. The summed E-state index contributed by atoms with van der Waals surface area (Å²) in [6.07, 6.45) is 0. The number of carbonyl (C=O) groups is 2. The molecule has 0 bridgehead atoms. The zero-order valence-corrected chi connectivity index (χ0v) is 12.8. The van der Waals surface area contributed by atoms with Gasteiger partial charge in [-0.3, -0.25) is 4.79 Å². The molecule has 0 saturated carbocycles. The second kappa shape index (κ2) is 4.32. The van der Waals surface area contributed by atoms with E-state index in [0.717, 1.165) is 16.6 Å². The van der Waals surface area contributed by atoms with E-state index in [1.807, 2.05) is 24.3 Å². The van der Waals surface area contributed by atoms with Crippen LogP contribution in [0.2, 0.25) is 0 Å². The van der Waals surface area contributed by atoms with Gasteiger partial charge in [-0.1, -0.05) is 44.2 Å². The molecule has 0 atom stereocenters. The number of aromatic nitrogens is 1. The molecule has 1 heterocycles. The maximum atomic E-state index is 13.0. The summed E-state index contributed by atoms with van der Waals surface area (Å²) in [6, 6.07) is 12.5. The van der Waals surface area contributed by atoms with E-state index in [4.69, 9.17) is 5.11 Å². The number of nitrogens with one attached hydrogen (secondary N) is 1. The molecule has 4 nitrogen and oxygen atoms in total. The van der Waals surface area contributed by atoms with Gasteiger partial charge in [0.15, 0.2) is 5.78 Å². The van der Waals surface area contributed by atoms with Crippen molar-refractivity contribution in [2.24, 2.45) is 0 Å². The third-order valence-corrected chi connectivity index (χ3v) is 4.74. The number of carbonyl (C=O) groups excluding carboxylic acids is 1. The lowest BCUT2D eigenvalue weighted by atomic mass is 9.71. The van der Waals surface area contributed by atoms with Gasteiger partial charge in [-0.15, -0.1) is 0 Å². The van der Waals surface area contributed by atoms with E-state index < -0.39 is 5.97 Å². The third-order valence-electron chi connectivity index (χ3n) is 4.74. The lowest BCUT2D eigenvalue weighted by Gasteiger charge is -2.31. The predicted molar refractivity (Wildman–Crippen MR) is 87.3 cm³/mol. The number of carboxylic acid groups (broad SMARTS) is 1. The quantitative estimate of drug-likeness (QED) is 0.719. The van der Waals surface area contributed by atoms with Crippen LogP contribution >= 0.6 is 0 Å². The summed E-state index contributed by atoms with van der Waals surface area (Å²) < 4.78 is 0. The highest BCUT2D eigenvalue weighted by molar-refractivity contribution is 6.20. The number of ketones is 1. The molecule has 0 unspecified atom stereocenters. The van der Waals surface area contributed by atoms with Crippen molar-refractivity contribution in [1.29, 1.82) is 0 Å². The molecule has 114 valence electrons. The summed E-state index contributed by atoms with van der Waals surface area (Å²) in [6.45, 7) is 4.15. The van der Waals surface area contributed by atoms with Crippen molar-refractivity contribution >= 4 is 22.7 Å². The molecule has 4 heteroatoms. The van der Waals surface area contributed by atoms with Crippen LogP contribution < -0.4 is 0 Å². The lowest BCUT2D eigenvalue weighted by molar-refractivity contribution is 0.0697. The number of aromatic amines is 1. The average Bonchev–Trinajstić information content (AvgIpc) is 2.93. The Morgan fingerprint density at radius 3 is 2.61 bits per heavy atom. The number of benzene rings is 2. The minimum Gasteiger partial charge on any atom is -0.478 e.